The highest BCUT2D eigenvalue weighted by molar-refractivity contribution is 5.92. The molecule has 23 heavy (non-hydrogen) atoms. The van der Waals surface area contributed by atoms with Crippen molar-refractivity contribution in [3.63, 3.8) is 0 Å². The van der Waals surface area contributed by atoms with Gasteiger partial charge in [-0.1, -0.05) is 6.07 Å². The Hall–Kier alpha value is -2.70. The summed E-state index contributed by atoms with van der Waals surface area (Å²) in [6, 6.07) is 4.80. The molecule has 1 amide bonds. The molecule has 2 aromatic rings. The number of carbonyl (C=O) groups is 1. The number of hydrogen-bond donors (Lipinski definition) is 1. The summed E-state index contributed by atoms with van der Waals surface area (Å²) in [4.78, 5) is 40.2. The number of rotatable bonds is 4. The molecule has 122 valence electrons. The number of aromatic nitrogens is 3. The Morgan fingerprint density at radius 2 is 2.00 bits per heavy atom. The van der Waals surface area contributed by atoms with Crippen LogP contribution in [0.3, 0.4) is 0 Å². The van der Waals surface area contributed by atoms with Crippen molar-refractivity contribution in [2.24, 2.45) is 14.1 Å². The summed E-state index contributed by atoms with van der Waals surface area (Å²) in [6.45, 7) is 3.81. The lowest BCUT2D eigenvalue weighted by Crippen LogP contribution is -2.43. The number of aryl methyl sites for hydroxylation is 1. The summed E-state index contributed by atoms with van der Waals surface area (Å²) < 4.78 is 2.12. The smallest absolute Gasteiger partial charge is 0.331 e. The van der Waals surface area contributed by atoms with Gasteiger partial charge in [0.2, 0.25) is 0 Å². The van der Waals surface area contributed by atoms with E-state index in [2.05, 4.69) is 10.3 Å². The van der Waals surface area contributed by atoms with Crippen molar-refractivity contribution in [2.75, 3.05) is 0 Å². The minimum Gasteiger partial charge on any atom is -0.348 e. The van der Waals surface area contributed by atoms with Crippen molar-refractivity contribution < 1.29 is 4.79 Å². The molecule has 0 aromatic carbocycles. The molecule has 2 aromatic heterocycles. The minimum absolute atomic E-state index is 0.0442. The van der Waals surface area contributed by atoms with Crippen LogP contribution in [0.2, 0.25) is 0 Å². The first-order chi connectivity index (χ1) is 10.8. The molecule has 0 bridgehead atoms. The second-order valence-electron chi connectivity index (χ2n) is 5.61. The molecular weight excluding hydrogens is 296 g/mol. The maximum atomic E-state index is 12.3. The molecule has 1 atom stereocenters. The molecule has 0 aliphatic rings. The van der Waals surface area contributed by atoms with Gasteiger partial charge in [0.1, 0.15) is 5.69 Å². The van der Waals surface area contributed by atoms with Crippen LogP contribution in [0.15, 0.2) is 34.0 Å². The molecule has 1 N–H and O–H groups in total. The second-order valence-corrected chi connectivity index (χ2v) is 5.61. The van der Waals surface area contributed by atoms with Crippen LogP contribution in [-0.4, -0.2) is 26.1 Å². The van der Waals surface area contributed by atoms with Crippen LogP contribution in [0.5, 0.6) is 0 Å². The number of hydrogen-bond acceptors (Lipinski definition) is 4. The Bertz CT molecular complexity index is 851. The van der Waals surface area contributed by atoms with E-state index in [0.29, 0.717) is 6.42 Å². The van der Waals surface area contributed by atoms with Gasteiger partial charge in [-0.25, -0.2) is 4.79 Å². The lowest BCUT2D eigenvalue weighted by Gasteiger charge is -2.16. The third-order valence-electron chi connectivity index (χ3n) is 3.75. The summed E-state index contributed by atoms with van der Waals surface area (Å²) in [5, 5.41) is 2.80. The molecule has 2 heterocycles. The molecule has 0 aliphatic heterocycles. The Labute approximate surface area is 133 Å². The quantitative estimate of drug-likeness (QED) is 0.870. The molecule has 7 heteroatoms. The maximum absolute atomic E-state index is 12.3. The molecule has 7 nitrogen and oxygen atoms in total. The van der Waals surface area contributed by atoms with Gasteiger partial charge in [0.25, 0.3) is 11.5 Å². The van der Waals surface area contributed by atoms with Crippen molar-refractivity contribution in [2.45, 2.75) is 26.3 Å². The molecule has 2 rings (SSSR count). The zero-order chi connectivity index (χ0) is 17.1. The molecule has 0 fully saturated rings. The van der Waals surface area contributed by atoms with E-state index in [1.165, 1.54) is 14.1 Å². The van der Waals surface area contributed by atoms with Crippen LogP contribution in [0, 0.1) is 6.92 Å². The van der Waals surface area contributed by atoms with E-state index in [-0.39, 0.29) is 11.7 Å². The molecule has 0 saturated heterocycles. The summed E-state index contributed by atoms with van der Waals surface area (Å²) >= 11 is 0. The normalized spacial score (nSPS) is 12.0. The summed E-state index contributed by atoms with van der Waals surface area (Å²) in [6.07, 6.45) is 2.28. The standard InChI is InChI=1S/C16H20N4O3/c1-10-6-5-7-17-12(10)8-11(2)18-15(22)13-9-14(21)20(4)16(23)19(13)3/h5-7,9,11H,8H2,1-4H3,(H,18,22)/t11-/m1/s1. The van der Waals surface area contributed by atoms with E-state index in [1.807, 2.05) is 26.0 Å². The summed E-state index contributed by atoms with van der Waals surface area (Å²) in [5.41, 5.74) is 0.956. The number of amides is 1. The van der Waals surface area contributed by atoms with Crippen molar-refractivity contribution >= 4 is 5.91 Å². The Kier molecular flexibility index (Phi) is 4.78. The Morgan fingerprint density at radius 3 is 2.65 bits per heavy atom. The molecule has 0 saturated carbocycles. The van der Waals surface area contributed by atoms with Gasteiger partial charge in [0, 0.05) is 44.5 Å². The van der Waals surface area contributed by atoms with Gasteiger partial charge in [0.15, 0.2) is 0 Å². The van der Waals surface area contributed by atoms with Crippen molar-refractivity contribution in [3.05, 3.63) is 62.2 Å². The first-order valence-electron chi connectivity index (χ1n) is 7.29. The molecular formula is C16H20N4O3. The third-order valence-corrected chi connectivity index (χ3v) is 3.75. The maximum Gasteiger partial charge on any atom is 0.331 e. The monoisotopic (exact) mass is 316 g/mol. The van der Waals surface area contributed by atoms with Crippen LogP contribution in [0.4, 0.5) is 0 Å². The highest BCUT2D eigenvalue weighted by atomic mass is 16.2. The lowest BCUT2D eigenvalue weighted by atomic mass is 10.1. The Balaban J connectivity index is 2.18. The fourth-order valence-electron chi connectivity index (χ4n) is 2.32. The van der Waals surface area contributed by atoms with E-state index in [1.54, 1.807) is 6.20 Å². The van der Waals surface area contributed by atoms with E-state index in [9.17, 15) is 14.4 Å². The SMILES string of the molecule is Cc1cccnc1C[C@@H](C)NC(=O)c1cc(=O)n(C)c(=O)n1C. The molecule has 0 radical (unpaired) electrons. The number of pyridine rings is 1. The fraction of sp³-hybridized carbons (Fsp3) is 0.375. The van der Waals surface area contributed by atoms with E-state index < -0.39 is 17.2 Å². The van der Waals surface area contributed by atoms with Gasteiger partial charge in [-0.15, -0.1) is 0 Å². The number of nitrogens with zero attached hydrogens (tertiary/aromatic N) is 3. The average Bonchev–Trinajstić information content (AvgIpc) is 2.51. The molecule has 0 unspecified atom stereocenters. The van der Waals surface area contributed by atoms with Crippen LogP contribution in [0.25, 0.3) is 0 Å². The summed E-state index contributed by atoms with van der Waals surface area (Å²) in [7, 11) is 2.84. The first-order valence-corrected chi connectivity index (χ1v) is 7.29. The first kappa shape index (κ1) is 16.7. The number of carbonyl (C=O) groups excluding carboxylic acids is 1. The average molecular weight is 316 g/mol. The highest BCUT2D eigenvalue weighted by Gasteiger charge is 2.16. The summed E-state index contributed by atoms with van der Waals surface area (Å²) in [5.74, 6) is -0.455. The fourth-order valence-corrected chi connectivity index (χ4v) is 2.32. The van der Waals surface area contributed by atoms with Crippen LogP contribution in [0.1, 0.15) is 28.7 Å². The van der Waals surface area contributed by atoms with Gasteiger partial charge in [-0.2, -0.15) is 0 Å². The van der Waals surface area contributed by atoms with Gasteiger partial charge < -0.3 is 5.32 Å². The van der Waals surface area contributed by atoms with Crippen LogP contribution in [-0.2, 0) is 20.5 Å². The molecule has 0 spiro atoms. The minimum atomic E-state index is -0.532. The zero-order valence-electron chi connectivity index (χ0n) is 13.7. The van der Waals surface area contributed by atoms with E-state index in [0.717, 1.165) is 26.5 Å². The number of nitrogens with one attached hydrogen (secondary N) is 1. The highest BCUT2D eigenvalue weighted by Crippen LogP contribution is 2.06. The van der Waals surface area contributed by atoms with Crippen molar-refractivity contribution in [1.29, 1.82) is 0 Å². The zero-order valence-corrected chi connectivity index (χ0v) is 13.7. The lowest BCUT2D eigenvalue weighted by molar-refractivity contribution is 0.0929. The van der Waals surface area contributed by atoms with Crippen LogP contribution >= 0.6 is 0 Å². The molecule has 0 aliphatic carbocycles. The predicted octanol–water partition coefficient (Wildman–Crippen LogP) is 0.148. The topological polar surface area (TPSA) is 86.0 Å². The largest absolute Gasteiger partial charge is 0.348 e. The van der Waals surface area contributed by atoms with Gasteiger partial charge >= 0.3 is 5.69 Å². The van der Waals surface area contributed by atoms with Crippen molar-refractivity contribution in [1.82, 2.24) is 19.4 Å². The predicted molar refractivity (Wildman–Crippen MR) is 86.5 cm³/mol. The van der Waals surface area contributed by atoms with E-state index in [4.69, 9.17) is 0 Å². The van der Waals surface area contributed by atoms with Gasteiger partial charge in [0.05, 0.1) is 0 Å². The third kappa shape index (κ3) is 3.56. The van der Waals surface area contributed by atoms with E-state index >= 15 is 0 Å². The van der Waals surface area contributed by atoms with Crippen molar-refractivity contribution in [3.8, 4) is 0 Å². The second kappa shape index (κ2) is 6.60. The van der Waals surface area contributed by atoms with Crippen LogP contribution < -0.4 is 16.6 Å². The Morgan fingerprint density at radius 1 is 1.30 bits per heavy atom. The van der Waals surface area contributed by atoms with Gasteiger partial charge in [-0.3, -0.25) is 23.7 Å². The van der Waals surface area contributed by atoms with Gasteiger partial charge in [-0.05, 0) is 25.5 Å².